The summed E-state index contributed by atoms with van der Waals surface area (Å²) in [7, 11) is 0. The van der Waals surface area contributed by atoms with Crippen LogP contribution in [0.25, 0.3) is 11.1 Å². The Morgan fingerprint density at radius 2 is 1.70 bits per heavy atom. The number of aliphatic carboxylic acids is 1. The van der Waals surface area contributed by atoms with Crippen molar-refractivity contribution < 1.29 is 24.2 Å². The number of benzene rings is 2. The van der Waals surface area contributed by atoms with Gasteiger partial charge in [0.25, 0.3) is 0 Å². The molecule has 0 unspecified atom stereocenters. The molecular weight excluding hydrogens is 418 g/mol. The SMILES string of the molecule is C=CC[C@@]1(C(=O)O)C[C@@H](OC(C)(C)C)CN1C(=O)OCC1c2ccccc2-c2ccccc21. The Hall–Kier alpha value is -3.12. The van der Waals surface area contributed by atoms with E-state index < -0.39 is 29.3 Å². The summed E-state index contributed by atoms with van der Waals surface area (Å²) >= 11 is 0. The number of hydrogen-bond donors (Lipinski definition) is 1. The highest BCUT2D eigenvalue weighted by Crippen LogP contribution is 2.45. The van der Waals surface area contributed by atoms with Gasteiger partial charge >= 0.3 is 12.1 Å². The van der Waals surface area contributed by atoms with E-state index in [0.717, 1.165) is 22.3 Å². The number of nitrogens with zero attached hydrogens (tertiary/aromatic N) is 1. The molecule has 2 aromatic rings. The fourth-order valence-electron chi connectivity index (χ4n) is 5.15. The van der Waals surface area contributed by atoms with Gasteiger partial charge in [0.2, 0.25) is 0 Å². The number of carboxylic acids is 1. The van der Waals surface area contributed by atoms with Crippen molar-refractivity contribution in [2.45, 2.75) is 56.8 Å². The van der Waals surface area contributed by atoms with Crippen LogP contribution in [0, 0.1) is 0 Å². The molecule has 2 atom stereocenters. The topological polar surface area (TPSA) is 76.1 Å². The minimum atomic E-state index is -1.43. The second-order valence-electron chi connectivity index (χ2n) is 9.80. The first-order valence-corrected chi connectivity index (χ1v) is 11.3. The maximum atomic E-state index is 13.3. The summed E-state index contributed by atoms with van der Waals surface area (Å²) in [5.74, 6) is -1.17. The van der Waals surface area contributed by atoms with Crippen LogP contribution in [0.15, 0.2) is 61.2 Å². The molecule has 174 valence electrons. The second kappa shape index (κ2) is 8.67. The summed E-state index contributed by atoms with van der Waals surface area (Å²) in [5, 5.41) is 10.1. The summed E-state index contributed by atoms with van der Waals surface area (Å²) < 4.78 is 11.8. The molecule has 6 nitrogen and oxygen atoms in total. The molecule has 0 bridgehead atoms. The maximum absolute atomic E-state index is 13.3. The van der Waals surface area contributed by atoms with E-state index >= 15 is 0 Å². The molecule has 1 amide bonds. The molecule has 6 heteroatoms. The number of likely N-dealkylation sites (tertiary alicyclic amines) is 1. The van der Waals surface area contributed by atoms with Gasteiger partial charge in [-0.15, -0.1) is 6.58 Å². The van der Waals surface area contributed by atoms with Crippen molar-refractivity contribution in [2.75, 3.05) is 13.2 Å². The molecule has 1 fully saturated rings. The molecule has 0 saturated carbocycles. The van der Waals surface area contributed by atoms with Crippen molar-refractivity contribution in [3.05, 3.63) is 72.3 Å². The summed E-state index contributed by atoms with van der Waals surface area (Å²) in [4.78, 5) is 27.0. The highest BCUT2D eigenvalue weighted by molar-refractivity contribution is 5.86. The van der Waals surface area contributed by atoms with E-state index in [1.54, 1.807) is 0 Å². The number of ether oxygens (including phenoxy) is 2. The number of hydrogen-bond acceptors (Lipinski definition) is 4. The highest BCUT2D eigenvalue weighted by atomic mass is 16.6. The predicted octanol–water partition coefficient (Wildman–Crippen LogP) is 5.22. The minimum absolute atomic E-state index is 0.0933. The smallest absolute Gasteiger partial charge is 0.410 e. The van der Waals surface area contributed by atoms with Crippen molar-refractivity contribution in [1.82, 2.24) is 4.90 Å². The Balaban J connectivity index is 1.57. The van der Waals surface area contributed by atoms with Gasteiger partial charge in [0.15, 0.2) is 0 Å². The lowest BCUT2D eigenvalue weighted by atomic mass is 9.91. The zero-order chi connectivity index (χ0) is 23.8. The summed E-state index contributed by atoms with van der Waals surface area (Å²) in [6.07, 6.45) is 0.812. The average Bonchev–Trinajstić information content (AvgIpc) is 3.28. The van der Waals surface area contributed by atoms with Gasteiger partial charge in [0.05, 0.1) is 18.2 Å². The average molecular weight is 450 g/mol. The Kier molecular flexibility index (Phi) is 6.06. The summed E-state index contributed by atoms with van der Waals surface area (Å²) in [6, 6.07) is 16.2. The number of fused-ring (bicyclic) bond motifs is 3. The lowest BCUT2D eigenvalue weighted by Gasteiger charge is -2.33. The van der Waals surface area contributed by atoms with E-state index in [9.17, 15) is 14.7 Å². The standard InChI is InChI=1S/C27H31NO5/c1-5-14-27(24(29)30)15-18(33-26(2,3)4)16-28(27)25(31)32-17-23-21-12-8-6-10-19(21)20-11-7-9-13-22(20)23/h5-13,18,23H,1,14-17H2,2-4H3,(H,29,30)/t18-,27+/m1/s1. The molecule has 1 saturated heterocycles. The van der Waals surface area contributed by atoms with Crippen LogP contribution in [-0.2, 0) is 14.3 Å². The first-order valence-electron chi connectivity index (χ1n) is 11.3. The Labute approximate surface area is 194 Å². The number of carbonyl (C=O) groups excluding carboxylic acids is 1. The molecule has 1 aliphatic carbocycles. The van der Waals surface area contributed by atoms with Crippen molar-refractivity contribution >= 4 is 12.1 Å². The summed E-state index contributed by atoms with van der Waals surface area (Å²) in [6.45, 7) is 9.77. The Morgan fingerprint density at radius 3 is 2.21 bits per heavy atom. The molecule has 2 aromatic carbocycles. The zero-order valence-electron chi connectivity index (χ0n) is 19.4. The van der Waals surface area contributed by atoms with Crippen LogP contribution >= 0.6 is 0 Å². The van der Waals surface area contributed by atoms with Crippen LogP contribution in [0.2, 0.25) is 0 Å². The molecule has 0 aromatic heterocycles. The molecule has 0 spiro atoms. The van der Waals surface area contributed by atoms with Gasteiger partial charge in [-0.25, -0.2) is 9.59 Å². The largest absolute Gasteiger partial charge is 0.479 e. The third-order valence-corrected chi connectivity index (χ3v) is 6.43. The van der Waals surface area contributed by atoms with E-state index in [4.69, 9.17) is 9.47 Å². The number of carbonyl (C=O) groups is 2. The predicted molar refractivity (Wildman–Crippen MR) is 126 cm³/mol. The minimum Gasteiger partial charge on any atom is -0.479 e. The molecule has 0 radical (unpaired) electrons. The third kappa shape index (κ3) is 4.27. The fourth-order valence-corrected chi connectivity index (χ4v) is 5.15. The normalized spacial score (nSPS) is 22.0. The molecule has 33 heavy (non-hydrogen) atoms. The van der Waals surface area contributed by atoms with E-state index in [2.05, 4.69) is 30.8 Å². The van der Waals surface area contributed by atoms with Crippen LogP contribution in [0.3, 0.4) is 0 Å². The van der Waals surface area contributed by atoms with Gasteiger partial charge in [0, 0.05) is 12.3 Å². The van der Waals surface area contributed by atoms with Gasteiger partial charge in [0.1, 0.15) is 12.1 Å². The van der Waals surface area contributed by atoms with E-state index in [1.807, 2.05) is 45.0 Å². The first kappa shape index (κ1) is 23.1. The van der Waals surface area contributed by atoms with Crippen LogP contribution in [0.5, 0.6) is 0 Å². The monoisotopic (exact) mass is 449 g/mol. The lowest BCUT2D eigenvalue weighted by Crippen LogP contribution is -2.53. The van der Waals surface area contributed by atoms with Gasteiger partial charge < -0.3 is 14.6 Å². The Bertz CT molecular complexity index is 1030. The third-order valence-electron chi connectivity index (χ3n) is 6.43. The van der Waals surface area contributed by atoms with Gasteiger partial charge in [-0.2, -0.15) is 0 Å². The number of carboxylic acid groups (broad SMARTS) is 1. The van der Waals surface area contributed by atoms with Crippen LogP contribution in [0.4, 0.5) is 4.79 Å². The van der Waals surface area contributed by atoms with E-state index in [1.165, 1.54) is 11.0 Å². The van der Waals surface area contributed by atoms with Crippen molar-refractivity contribution in [2.24, 2.45) is 0 Å². The van der Waals surface area contributed by atoms with Crippen LogP contribution in [0.1, 0.15) is 50.7 Å². The molecule has 1 aliphatic heterocycles. The molecular formula is C27H31NO5. The fraction of sp³-hybridized carbons (Fsp3) is 0.407. The van der Waals surface area contributed by atoms with Gasteiger partial charge in [-0.1, -0.05) is 54.6 Å². The quantitative estimate of drug-likeness (QED) is 0.612. The zero-order valence-corrected chi connectivity index (χ0v) is 19.4. The molecule has 4 rings (SSSR count). The number of rotatable bonds is 6. The second-order valence-corrected chi connectivity index (χ2v) is 9.80. The lowest BCUT2D eigenvalue weighted by molar-refractivity contribution is -0.149. The molecule has 1 N–H and O–H groups in total. The maximum Gasteiger partial charge on any atom is 0.410 e. The number of amides is 1. The molecule has 1 heterocycles. The van der Waals surface area contributed by atoms with E-state index in [0.29, 0.717) is 0 Å². The van der Waals surface area contributed by atoms with E-state index in [-0.39, 0.29) is 31.9 Å². The van der Waals surface area contributed by atoms with Crippen LogP contribution in [-0.4, -0.2) is 52.5 Å². The van der Waals surface area contributed by atoms with Crippen molar-refractivity contribution in [3.8, 4) is 11.1 Å². The van der Waals surface area contributed by atoms with Crippen molar-refractivity contribution in [3.63, 3.8) is 0 Å². The van der Waals surface area contributed by atoms with Gasteiger partial charge in [-0.3, -0.25) is 4.90 Å². The molecule has 2 aliphatic rings. The van der Waals surface area contributed by atoms with Gasteiger partial charge in [-0.05, 0) is 49.4 Å². The van der Waals surface area contributed by atoms with Crippen molar-refractivity contribution in [1.29, 1.82) is 0 Å². The van der Waals surface area contributed by atoms with Crippen LogP contribution < -0.4 is 0 Å². The Morgan fingerprint density at radius 1 is 1.12 bits per heavy atom. The first-order chi connectivity index (χ1) is 15.7. The highest BCUT2D eigenvalue weighted by Gasteiger charge is 2.54. The summed E-state index contributed by atoms with van der Waals surface area (Å²) in [5.41, 5.74) is 2.61.